The van der Waals surface area contributed by atoms with Gasteiger partial charge in [-0.05, 0) is 31.0 Å². The minimum Gasteiger partial charge on any atom is -0.325 e. The fourth-order valence-electron chi connectivity index (χ4n) is 3.38. The second-order valence-electron chi connectivity index (χ2n) is 6.72. The third kappa shape index (κ3) is 4.94. The van der Waals surface area contributed by atoms with Crippen LogP contribution >= 0.6 is 23.4 Å². The van der Waals surface area contributed by atoms with Gasteiger partial charge in [0, 0.05) is 18.2 Å². The monoisotopic (exact) mass is 415 g/mol. The molecule has 0 saturated heterocycles. The summed E-state index contributed by atoms with van der Waals surface area (Å²) in [4.78, 5) is 12.3. The summed E-state index contributed by atoms with van der Waals surface area (Å²) in [6, 6.07) is 6.82. The second kappa shape index (κ2) is 9.76. The van der Waals surface area contributed by atoms with Crippen LogP contribution < -0.4 is 5.32 Å². The maximum absolute atomic E-state index is 12.3. The van der Waals surface area contributed by atoms with E-state index in [2.05, 4.69) is 26.7 Å². The third-order valence-electron chi connectivity index (χ3n) is 4.73. The number of amides is 1. The van der Waals surface area contributed by atoms with E-state index < -0.39 is 0 Å². The highest BCUT2D eigenvalue weighted by atomic mass is 35.5. The summed E-state index contributed by atoms with van der Waals surface area (Å²) in [5.74, 6) is 1.47. The van der Waals surface area contributed by atoms with Gasteiger partial charge in [0.2, 0.25) is 5.91 Å². The average Bonchev–Trinajstić information content (AvgIpc) is 3.10. The number of hydrogen-bond acceptors (Lipinski definition) is 5. The van der Waals surface area contributed by atoms with E-state index in [1.54, 1.807) is 18.2 Å². The molecule has 2 aromatic rings. The topological polar surface area (TPSA) is 83.6 Å². The molecule has 146 valence electrons. The molecule has 1 amide bonds. The molecule has 8 heteroatoms. The Balaban J connectivity index is 1.64. The van der Waals surface area contributed by atoms with Gasteiger partial charge in [-0.2, -0.15) is 5.26 Å². The van der Waals surface area contributed by atoms with Gasteiger partial charge in [-0.15, -0.1) is 16.8 Å². The molecule has 0 atom stereocenters. The average molecular weight is 416 g/mol. The number of carbonyl (C=O) groups excluding carboxylic acids is 1. The normalized spacial score (nSPS) is 14.4. The van der Waals surface area contributed by atoms with E-state index in [1.807, 2.05) is 12.1 Å². The first-order valence-corrected chi connectivity index (χ1v) is 10.6. The number of thioether (sulfide) groups is 1. The first kappa shape index (κ1) is 20.4. The molecular weight excluding hydrogens is 394 g/mol. The molecule has 6 nitrogen and oxygen atoms in total. The molecule has 1 aromatic carbocycles. The van der Waals surface area contributed by atoms with Gasteiger partial charge in [0.1, 0.15) is 11.9 Å². The van der Waals surface area contributed by atoms with Crippen LogP contribution in [0.2, 0.25) is 5.02 Å². The van der Waals surface area contributed by atoms with Crippen molar-refractivity contribution >= 4 is 35.0 Å². The summed E-state index contributed by atoms with van der Waals surface area (Å²) in [6.07, 6.45) is 7.85. The van der Waals surface area contributed by atoms with Crippen LogP contribution in [0.15, 0.2) is 36.0 Å². The number of nitrogens with zero attached hydrogens (tertiary/aromatic N) is 4. The Morgan fingerprint density at radius 3 is 2.86 bits per heavy atom. The zero-order valence-corrected chi connectivity index (χ0v) is 17.1. The van der Waals surface area contributed by atoms with Crippen molar-refractivity contribution in [3.05, 3.63) is 47.3 Å². The highest BCUT2D eigenvalue weighted by Crippen LogP contribution is 2.33. The van der Waals surface area contributed by atoms with Crippen LogP contribution in [0.4, 0.5) is 5.69 Å². The molecule has 3 rings (SSSR count). The van der Waals surface area contributed by atoms with Crippen LogP contribution in [-0.2, 0) is 11.3 Å². The van der Waals surface area contributed by atoms with Crippen molar-refractivity contribution in [2.75, 3.05) is 11.1 Å². The summed E-state index contributed by atoms with van der Waals surface area (Å²) in [7, 11) is 0. The number of anilines is 1. The van der Waals surface area contributed by atoms with Gasteiger partial charge in [0.15, 0.2) is 5.16 Å². The molecule has 1 aliphatic rings. The van der Waals surface area contributed by atoms with Crippen molar-refractivity contribution in [2.24, 2.45) is 0 Å². The maximum Gasteiger partial charge on any atom is 0.234 e. The second-order valence-corrected chi connectivity index (χ2v) is 8.07. The van der Waals surface area contributed by atoms with Crippen molar-refractivity contribution < 1.29 is 4.79 Å². The Bertz CT molecular complexity index is 898. The minimum absolute atomic E-state index is 0.168. The number of allylic oxidation sites excluding steroid dienone is 1. The number of nitriles is 1. The zero-order chi connectivity index (χ0) is 19.9. The van der Waals surface area contributed by atoms with Crippen LogP contribution in [0.1, 0.15) is 49.4 Å². The van der Waals surface area contributed by atoms with E-state index in [0.29, 0.717) is 28.7 Å². The Hall–Kier alpha value is -2.30. The highest BCUT2D eigenvalue weighted by Gasteiger charge is 2.23. The van der Waals surface area contributed by atoms with Gasteiger partial charge in [-0.3, -0.25) is 4.79 Å². The fraction of sp³-hybridized carbons (Fsp3) is 0.400. The lowest BCUT2D eigenvalue weighted by molar-refractivity contribution is -0.113. The summed E-state index contributed by atoms with van der Waals surface area (Å²) in [6.45, 7) is 4.47. The van der Waals surface area contributed by atoms with Crippen LogP contribution in [0, 0.1) is 11.3 Å². The van der Waals surface area contributed by atoms with Crippen LogP contribution in [0.25, 0.3) is 0 Å². The lowest BCUT2D eigenvalue weighted by Gasteiger charge is -2.21. The number of rotatable bonds is 7. The minimum atomic E-state index is -0.168. The Morgan fingerprint density at radius 1 is 1.39 bits per heavy atom. The Labute approximate surface area is 174 Å². The van der Waals surface area contributed by atoms with Crippen molar-refractivity contribution in [2.45, 2.75) is 49.7 Å². The van der Waals surface area contributed by atoms with Gasteiger partial charge in [-0.25, -0.2) is 0 Å². The maximum atomic E-state index is 12.3. The summed E-state index contributed by atoms with van der Waals surface area (Å²) in [5.41, 5.74) is 0.937. The van der Waals surface area contributed by atoms with Crippen molar-refractivity contribution in [1.29, 1.82) is 5.26 Å². The summed E-state index contributed by atoms with van der Waals surface area (Å²) >= 11 is 7.36. The largest absolute Gasteiger partial charge is 0.325 e. The molecular formula is C20H22ClN5OS. The van der Waals surface area contributed by atoms with Gasteiger partial charge >= 0.3 is 0 Å². The SMILES string of the molecule is C=CCn1c(SCC(=O)Nc2ccc(C#N)c(Cl)c2)nnc1C1CCCCC1. The van der Waals surface area contributed by atoms with Gasteiger partial charge < -0.3 is 9.88 Å². The van der Waals surface area contributed by atoms with E-state index in [1.165, 1.54) is 31.0 Å². The first-order valence-electron chi connectivity index (χ1n) is 9.28. The predicted molar refractivity (Wildman–Crippen MR) is 112 cm³/mol. The molecule has 0 bridgehead atoms. The molecule has 1 saturated carbocycles. The van der Waals surface area contributed by atoms with Crippen LogP contribution in [0.5, 0.6) is 0 Å². The molecule has 0 aliphatic heterocycles. The lowest BCUT2D eigenvalue weighted by Crippen LogP contribution is -2.15. The summed E-state index contributed by atoms with van der Waals surface area (Å²) in [5, 5.41) is 21.5. The molecule has 1 aliphatic carbocycles. The smallest absolute Gasteiger partial charge is 0.234 e. The van der Waals surface area contributed by atoms with Gasteiger partial charge in [-0.1, -0.05) is 48.7 Å². The van der Waals surface area contributed by atoms with E-state index in [-0.39, 0.29) is 11.7 Å². The predicted octanol–water partition coefficient (Wildman–Crippen LogP) is 4.77. The van der Waals surface area contributed by atoms with Gasteiger partial charge in [0.25, 0.3) is 0 Å². The van der Waals surface area contributed by atoms with E-state index in [9.17, 15) is 4.79 Å². The van der Waals surface area contributed by atoms with E-state index in [4.69, 9.17) is 16.9 Å². The highest BCUT2D eigenvalue weighted by molar-refractivity contribution is 7.99. The third-order valence-corrected chi connectivity index (χ3v) is 6.01. The molecule has 0 spiro atoms. The number of hydrogen-bond donors (Lipinski definition) is 1. The molecule has 0 radical (unpaired) electrons. The molecule has 1 aromatic heterocycles. The number of nitrogens with one attached hydrogen (secondary N) is 1. The molecule has 1 N–H and O–H groups in total. The Morgan fingerprint density at radius 2 is 2.18 bits per heavy atom. The standard InChI is InChI=1S/C20H22ClN5OS/c1-2-10-26-19(14-6-4-3-5-7-14)24-25-20(26)28-13-18(27)23-16-9-8-15(12-22)17(21)11-16/h2,8-9,11,14H,1,3-7,10,13H2,(H,23,27). The van der Waals surface area contributed by atoms with Crippen LogP contribution in [-0.4, -0.2) is 26.4 Å². The van der Waals surface area contributed by atoms with E-state index in [0.717, 1.165) is 23.8 Å². The van der Waals surface area contributed by atoms with Gasteiger partial charge in [0.05, 0.1) is 16.3 Å². The van der Waals surface area contributed by atoms with Crippen LogP contribution in [0.3, 0.4) is 0 Å². The number of carbonyl (C=O) groups is 1. The lowest BCUT2D eigenvalue weighted by atomic mass is 9.89. The van der Waals surface area contributed by atoms with Crippen molar-refractivity contribution in [1.82, 2.24) is 14.8 Å². The van der Waals surface area contributed by atoms with E-state index >= 15 is 0 Å². The molecule has 1 heterocycles. The van der Waals surface area contributed by atoms with Crippen molar-refractivity contribution in [3.8, 4) is 6.07 Å². The number of benzene rings is 1. The zero-order valence-electron chi connectivity index (χ0n) is 15.5. The molecule has 0 unspecified atom stereocenters. The number of aromatic nitrogens is 3. The quantitative estimate of drug-likeness (QED) is 0.520. The summed E-state index contributed by atoms with van der Waals surface area (Å²) < 4.78 is 2.07. The Kier molecular flexibility index (Phi) is 7.12. The molecule has 1 fully saturated rings. The van der Waals surface area contributed by atoms with Crippen molar-refractivity contribution in [3.63, 3.8) is 0 Å². The fourth-order valence-corrected chi connectivity index (χ4v) is 4.36. The first-order chi connectivity index (χ1) is 13.6. The number of halogens is 1. The molecule has 28 heavy (non-hydrogen) atoms.